The van der Waals surface area contributed by atoms with Crippen molar-refractivity contribution in [2.24, 2.45) is 35.5 Å². The van der Waals surface area contributed by atoms with Gasteiger partial charge in [0.1, 0.15) is 6.54 Å². The zero-order valence-electron chi connectivity index (χ0n) is 16.7. The maximum atomic E-state index is 12.9. The lowest BCUT2D eigenvalue weighted by Crippen LogP contribution is -2.40. The molecule has 156 valence electrons. The van der Waals surface area contributed by atoms with Crippen LogP contribution in [0.2, 0.25) is 0 Å². The Morgan fingerprint density at radius 3 is 2.20 bits per heavy atom. The minimum Gasteiger partial charge on any atom is -0.462 e. The molecular weight excluding hydrogens is 384 g/mol. The lowest BCUT2D eigenvalue weighted by atomic mass is 9.63. The van der Waals surface area contributed by atoms with Gasteiger partial charge in [0.15, 0.2) is 0 Å². The van der Waals surface area contributed by atoms with E-state index in [0.29, 0.717) is 29.7 Å². The van der Waals surface area contributed by atoms with Crippen LogP contribution in [0.15, 0.2) is 36.4 Å². The molecule has 0 radical (unpaired) electrons. The molecular formula is C23H24N2O5. The second-order valence-corrected chi connectivity index (χ2v) is 8.68. The van der Waals surface area contributed by atoms with Crippen molar-refractivity contribution in [2.45, 2.75) is 19.8 Å². The van der Waals surface area contributed by atoms with Gasteiger partial charge < -0.3 is 10.1 Å². The van der Waals surface area contributed by atoms with Gasteiger partial charge in [-0.3, -0.25) is 19.3 Å². The summed E-state index contributed by atoms with van der Waals surface area (Å²) in [5.74, 6) is -0.477. The van der Waals surface area contributed by atoms with Crippen molar-refractivity contribution in [2.75, 3.05) is 18.5 Å². The zero-order chi connectivity index (χ0) is 21.0. The summed E-state index contributed by atoms with van der Waals surface area (Å²) < 4.78 is 5.08. The first-order valence-electron chi connectivity index (χ1n) is 10.6. The molecule has 6 atom stereocenters. The SMILES string of the molecule is CCCOC(=O)c1ccc(NC(=O)CN2C(=O)[C@@H]3[C@H]4C=C[C@@H]([C@@H]5C[C@@H]45)[C@H]3C2=O)cc1. The number of nitrogens with zero attached hydrogens (tertiary/aromatic N) is 1. The van der Waals surface area contributed by atoms with Crippen LogP contribution in [-0.2, 0) is 19.1 Å². The standard InChI is InChI=1S/C23H24N2O5/c1-2-9-30-23(29)12-3-5-13(6-4-12)24-18(26)11-25-21(27)19-14-7-8-15(17-10-16(14)17)20(19)22(25)28/h3-8,14-17,19-20H,2,9-11H2,1H3,(H,24,26)/t14-,15-,16-,17-,19+,20+/m0/s1. The number of anilines is 1. The van der Waals surface area contributed by atoms with Crippen molar-refractivity contribution in [3.8, 4) is 0 Å². The fraction of sp³-hybridized carbons (Fsp3) is 0.478. The predicted octanol–water partition coefficient (Wildman–Crippen LogP) is 2.25. The molecule has 0 aromatic heterocycles. The lowest BCUT2D eigenvalue weighted by Gasteiger charge is -2.37. The predicted molar refractivity (Wildman–Crippen MR) is 107 cm³/mol. The largest absolute Gasteiger partial charge is 0.462 e. The Morgan fingerprint density at radius 2 is 1.63 bits per heavy atom. The van der Waals surface area contributed by atoms with Gasteiger partial charge in [-0.15, -0.1) is 0 Å². The summed E-state index contributed by atoms with van der Waals surface area (Å²) in [5, 5.41) is 2.70. The number of rotatable bonds is 6. The fourth-order valence-corrected chi connectivity index (χ4v) is 5.49. The van der Waals surface area contributed by atoms with Crippen molar-refractivity contribution >= 4 is 29.4 Å². The van der Waals surface area contributed by atoms with Gasteiger partial charge in [0, 0.05) is 5.69 Å². The third kappa shape index (κ3) is 2.95. The third-order valence-electron chi connectivity index (χ3n) is 6.90. The normalized spacial score (nSPS) is 32.6. The van der Waals surface area contributed by atoms with E-state index in [9.17, 15) is 19.2 Å². The van der Waals surface area contributed by atoms with E-state index in [1.165, 1.54) is 0 Å². The molecule has 3 amide bonds. The van der Waals surface area contributed by atoms with Crippen molar-refractivity contribution in [1.82, 2.24) is 4.90 Å². The second kappa shape index (κ2) is 7.07. The summed E-state index contributed by atoms with van der Waals surface area (Å²) in [6.07, 6.45) is 6.08. The number of hydrogen-bond donors (Lipinski definition) is 1. The number of benzene rings is 1. The molecule has 30 heavy (non-hydrogen) atoms. The van der Waals surface area contributed by atoms with Gasteiger partial charge >= 0.3 is 5.97 Å². The van der Waals surface area contributed by atoms with Crippen LogP contribution in [0.25, 0.3) is 0 Å². The molecule has 0 unspecified atom stereocenters. The van der Waals surface area contributed by atoms with Crippen LogP contribution in [0, 0.1) is 35.5 Å². The molecule has 1 N–H and O–H groups in total. The summed E-state index contributed by atoms with van der Waals surface area (Å²) in [5.41, 5.74) is 0.892. The number of carbonyl (C=O) groups is 4. The van der Waals surface area contributed by atoms with E-state index in [0.717, 1.165) is 17.7 Å². The third-order valence-corrected chi connectivity index (χ3v) is 6.90. The number of esters is 1. The van der Waals surface area contributed by atoms with Crippen LogP contribution in [-0.4, -0.2) is 41.7 Å². The molecule has 1 aromatic carbocycles. The summed E-state index contributed by atoms with van der Waals surface area (Å²) in [4.78, 5) is 51.4. The molecule has 1 heterocycles. The van der Waals surface area contributed by atoms with E-state index in [1.807, 2.05) is 6.92 Å². The fourth-order valence-electron chi connectivity index (χ4n) is 5.49. The molecule has 5 aliphatic rings. The van der Waals surface area contributed by atoms with Crippen LogP contribution in [0.1, 0.15) is 30.1 Å². The van der Waals surface area contributed by atoms with E-state index in [4.69, 9.17) is 4.74 Å². The highest BCUT2D eigenvalue weighted by Crippen LogP contribution is 2.65. The Bertz CT molecular complexity index is 917. The van der Waals surface area contributed by atoms with Crippen LogP contribution < -0.4 is 5.32 Å². The number of likely N-dealkylation sites (tertiary alicyclic amines) is 1. The molecule has 4 aliphatic carbocycles. The van der Waals surface area contributed by atoms with Crippen LogP contribution >= 0.6 is 0 Å². The molecule has 1 aromatic rings. The van der Waals surface area contributed by atoms with E-state index in [-0.39, 0.29) is 42.0 Å². The molecule has 2 saturated carbocycles. The smallest absolute Gasteiger partial charge is 0.338 e. The number of allylic oxidation sites excluding steroid dienone is 2. The van der Waals surface area contributed by atoms with Gasteiger partial charge in [0.2, 0.25) is 17.7 Å². The van der Waals surface area contributed by atoms with Crippen LogP contribution in [0.3, 0.4) is 0 Å². The van der Waals surface area contributed by atoms with Crippen LogP contribution in [0.4, 0.5) is 5.69 Å². The number of nitrogens with one attached hydrogen (secondary N) is 1. The quantitative estimate of drug-likeness (QED) is 0.443. The molecule has 7 heteroatoms. The number of imide groups is 1. The summed E-state index contributed by atoms with van der Waals surface area (Å²) >= 11 is 0. The van der Waals surface area contributed by atoms with E-state index < -0.39 is 11.9 Å². The number of hydrogen-bond acceptors (Lipinski definition) is 5. The summed E-state index contributed by atoms with van der Waals surface area (Å²) in [6, 6.07) is 6.35. The highest BCUT2D eigenvalue weighted by Gasteiger charge is 2.67. The molecule has 2 bridgehead atoms. The molecule has 7 nitrogen and oxygen atoms in total. The Kier molecular flexibility index (Phi) is 4.49. The van der Waals surface area contributed by atoms with Crippen molar-refractivity contribution in [1.29, 1.82) is 0 Å². The van der Waals surface area contributed by atoms with Crippen molar-refractivity contribution in [3.05, 3.63) is 42.0 Å². The molecule has 1 aliphatic heterocycles. The molecule has 1 saturated heterocycles. The minimum absolute atomic E-state index is 0.148. The minimum atomic E-state index is -0.429. The van der Waals surface area contributed by atoms with Gasteiger partial charge in [-0.1, -0.05) is 19.1 Å². The first-order valence-corrected chi connectivity index (χ1v) is 10.6. The van der Waals surface area contributed by atoms with Gasteiger partial charge in [-0.05, 0) is 60.8 Å². The topological polar surface area (TPSA) is 92.8 Å². The van der Waals surface area contributed by atoms with Gasteiger partial charge in [0.25, 0.3) is 0 Å². The van der Waals surface area contributed by atoms with E-state index in [1.54, 1.807) is 24.3 Å². The second-order valence-electron chi connectivity index (χ2n) is 8.68. The Labute approximate surface area is 174 Å². The number of amides is 3. The molecule has 3 fully saturated rings. The Hall–Kier alpha value is -2.96. The van der Waals surface area contributed by atoms with Crippen molar-refractivity contribution < 1.29 is 23.9 Å². The first-order chi connectivity index (χ1) is 14.5. The highest BCUT2D eigenvalue weighted by atomic mass is 16.5. The number of carbonyl (C=O) groups excluding carboxylic acids is 4. The average Bonchev–Trinajstić information content (AvgIpc) is 3.53. The summed E-state index contributed by atoms with van der Waals surface area (Å²) in [6.45, 7) is 2.00. The Morgan fingerprint density at radius 1 is 1.03 bits per heavy atom. The van der Waals surface area contributed by atoms with E-state index in [2.05, 4.69) is 17.5 Å². The van der Waals surface area contributed by atoms with Gasteiger partial charge in [0.05, 0.1) is 24.0 Å². The number of ether oxygens (including phenoxy) is 1. The Balaban J connectivity index is 1.22. The highest BCUT2D eigenvalue weighted by molar-refractivity contribution is 6.09. The van der Waals surface area contributed by atoms with Crippen molar-refractivity contribution in [3.63, 3.8) is 0 Å². The maximum Gasteiger partial charge on any atom is 0.338 e. The zero-order valence-corrected chi connectivity index (χ0v) is 16.7. The van der Waals surface area contributed by atoms with Gasteiger partial charge in [-0.2, -0.15) is 0 Å². The lowest BCUT2D eigenvalue weighted by molar-refractivity contribution is -0.142. The van der Waals surface area contributed by atoms with Crippen LogP contribution in [0.5, 0.6) is 0 Å². The van der Waals surface area contributed by atoms with Gasteiger partial charge in [-0.25, -0.2) is 4.79 Å². The molecule has 0 spiro atoms. The monoisotopic (exact) mass is 408 g/mol. The maximum absolute atomic E-state index is 12.9. The van der Waals surface area contributed by atoms with E-state index >= 15 is 0 Å². The average molecular weight is 408 g/mol. The summed E-state index contributed by atoms with van der Waals surface area (Å²) in [7, 11) is 0. The first kappa shape index (κ1) is 19.0. The molecule has 6 rings (SSSR count).